The number of anilines is 1. The van der Waals surface area contributed by atoms with Crippen molar-refractivity contribution >= 4 is 15.7 Å². The Labute approximate surface area is 116 Å². The minimum atomic E-state index is -3.39. The average Bonchev–Trinajstić information content (AvgIpc) is 2.28. The van der Waals surface area contributed by atoms with Crippen molar-refractivity contribution in [2.75, 3.05) is 25.0 Å². The highest BCUT2D eigenvalue weighted by molar-refractivity contribution is 7.89. The number of rotatable bonds is 6. The van der Waals surface area contributed by atoms with Crippen LogP contribution in [0.15, 0.2) is 17.0 Å². The SMILES string of the molecule is CCNc1cc(C)c(S(=O)(=O)N(CC)CC)c(C)c1. The molecule has 0 amide bonds. The van der Waals surface area contributed by atoms with Crippen molar-refractivity contribution in [1.29, 1.82) is 0 Å². The van der Waals surface area contributed by atoms with Crippen LogP contribution < -0.4 is 5.32 Å². The van der Waals surface area contributed by atoms with Gasteiger partial charge in [-0.15, -0.1) is 0 Å². The number of hydrogen-bond acceptors (Lipinski definition) is 3. The van der Waals surface area contributed by atoms with E-state index >= 15 is 0 Å². The van der Waals surface area contributed by atoms with Crippen LogP contribution in [0.5, 0.6) is 0 Å². The van der Waals surface area contributed by atoms with E-state index in [1.165, 1.54) is 4.31 Å². The molecule has 0 aliphatic heterocycles. The van der Waals surface area contributed by atoms with Gasteiger partial charge < -0.3 is 5.32 Å². The van der Waals surface area contributed by atoms with E-state index in [1.807, 2.05) is 46.8 Å². The predicted octanol–water partition coefficient (Wildman–Crippen LogP) is 2.77. The minimum Gasteiger partial charge on any atom is -0.385 e. The molecule has 0 atom stereocenters. The molecule has 0 bridgehead atoms. The summed E-state index contributed by atoms with van der Waals surface area (Å²) in [6.07, 6.45) is 0. The van der Waals surface area contributed by atoms with Gasteiger partial charge in [-0.1, -0.05) is 13.8 Å². The van der Waals surface area contributed by atoms with Gasteiger partial charge in [0.25, 0.3) is 0 Å². The Morgan fingerprint density at radius 1 is 1.05 bits per heavy atom. The summed E-state index contributed by atoms with van der Waals surface area (Å²) in [4.78, 5) is 0.442. The zero-order valence-corrected chi connectivity index (χ0v) is 13.3. The van der Waals surface area contributed by atoms with Crippen LogP contribution in [-0.2, 0) is 10.0 Å². The molecule has 0 aliphatic rings. The van der Waals surface area contributed by atoms with E-state index in [4.69, 9.17) is 0 Å². The molecule has 19 heavy (non-hydrogen) atoms. The zero-order valence-electron chi connectivity index (χ0n) is 12.4. The lowest BCUT2D eigenvalue weighted by Gasteiger charge is -2.22. The molecule has 4 nitrogen and oxygen atoms in total. The Kier molecular flexibility index (Phi) is 5.38. The molecular weight excluding hydrogens is 260 g/mol. The third-order valence-electron chi connectivity index (χ3n) is 3.14. The summed E-state index contributed by atoms with van der Waals surface area (Å²) in [5.41, 5.74) is 2.56. The summed E-state index contributed by atoms with van der Waals surface area (Å²) in [6.45, 7) is 11.2. The molecule has 0 aliphatic carbocycles. The highest BCUT2D eigenvalue weighted by Gasteiger charge is 2.25. The van der Waals surface area contributed by atoms with Gasteiger partial charge in [-0.25, -0.2) is 8.42 Å². The van der Waals surface area contributed by atoms with Crippen LogP contribution >= 0.6 is 0 Å². The lowest BCUT2D eigenvalue weighted by atomic mass is 10.1. The van der Waals surface area contributed by atoms with E-state index in [0.717, 1.165) is 23.4 Å². The first-order valence-corrected chi connectivity index (χ1v) is 8.17. The molecule has 0 heterocycles. The zero-order chi connectivity index (χ0) is 14.6. The lowest BCUT2D eigenvalue weighted by Crippen LogP contribution is -2.31. The molecule has 1 N–H and O–H groups in total. The van der Waals surface area contributed by atoms with Crippen LogP contribution in [0.1, 0.15) is 31.9 Å². The maximum absolute atomic E-state index is 12.6. The van der Waals surface area contributed by atoms with E-state index in [9.17, 15) is 8.42 Å². The van der Waals surface area contributed by atoms with E-state index < -0.39 is 10.0 Å². The topological polar surface area (TPSA) is 49.4 Å². The van der Waals surface area contributed by atoms with Crippen LogP contribution in [0, 0.1) is 13.8 Å². The van der Waals surface area contributed by atoms with Crippen molar-refractivity contribution in [2.45, 2.75) is 39.5 Å². The Hall–Kier alpha value is -1.07. The summed E-state index contributed by atoms with van der Waals surface area (Å²) < 4.78 is 26.7. The second-order valence-corrected chi connectivity index (χ2v) is 6.43. The quantitative estimate of drug-likeness (QED) is 0.874. The summed E-state index contributed by atoms with van der Waals surface area (Å²) in [6, 6.07) is 3.79. The smallest absolute Gasteiger partial charge is 0.243 e. The molecule has 1 aromatic carbocycles. The minimum absolute atomic E-state index is 0.442. The van der Waals surface area contributed by atoms with Gasteiger partial charge in [-0.05, 0) is 44.0 Å². The number of nitrogens with one attached hydrogen (secondary N) is 1. The summed E-state index contributed by atoms with van der Waals surface area (Å²) in [5, 5.41) is 3.22. The van der Waals surface area contributed by atoms with Crippen molar-refractivity contribution < 1.29 is 8.42 Å². The standard InChI is InChI=1S/C14H24N2O2S/c1-6-15-13-9-11(4)14(12(5)10-13)19(17,18)16(7-2)8-3/h9-10,15H,6-8H2,1-5H3. The van der Waals surface area contributed by atoms with Crippen molar-refractivity contribution in [2.24, 2.45) is 0 Å². The third kappa shape index (κ3) is 3.28. The first-order chi connectivity index (χ1) is 8.88. The molecule has 0 spiro atoms. The number of nitrogens with zero attached hydrogens (tertiary/aromatic N) is 1. The Balaban J connectivity index is 3.35. The van der Waals surface area contributed by atoms with Crippen LogP contribution in [-0.4, -0.2) is 32.4 Å². The first-order valence-electron chi connectivity index (χ1n) is 6.73. The fourth-order valence-corrected chi connectivity index (χ4v) is 4.23. The lowest BCUT2D eigenvalue weighted by molar-refractivity contribution is 0.444. The van der Waals surface area contributed by atoms with E-state index in [1.54, 1.807) is 0 Å². The van der Waals surface area contributed by atoms with Gasteiger partial charge in [0, 0.05) is 25.3 Å². The number of hydrogen-bond donors (Lipinski definition) is 1. The van der Waals surface area contributed by atoms with Crippen molar-refractivity contribution in [3.05, 3.63) is 23.3 Å². The monoisotopic (exact) mass is 284 g/mol. The molecule has 1 rings (SSSR count). The molecule has 0 fully saturated rings. The second-order valence-electron chi connectivity index (χ2n) is 4.56. The molecule has 0 radical (unpaired) electrons. The van der Waals surface area contributed by atoms with Crippen LogP contribution in [0.25, 0.3) is 0 Å². The summed E-state index contributed by atoms with van der Waals surface area (Å²) in [5.74, 6) is 0. The highest BCUT2D eigenvalue weighted by Crippen LogP contribution is 2.27. The van der Waals surface area contributed by atoms with E-state index in [2.05, 4.69) is 5.32 Å². The molecule has 1 aromatic rings. The highest BCUT2D eigenvalue weighted by atomic mass is 32.2. The third-order valence-corrected chi connectivity index (χ3v) is 5.50. The van der Waals surface area contributed by atoms with Gasteiger partial charge in [0.1, 0.15) is 0 Å². The van der Waals surface area contributed by atoms with Gasteiger partial charge in [0.2, 0.25) is 10.0 Å². The molecule has 5 heteroatoms. The van der Waals surface area contributed by atoms with Gasteiger partial charge >= 0.3 is 0 Å². The molecule has 0 aromatic heterocycles. The van der Waals surface area contributed by atoms with E-state index in [-0.39, 0.29) is 0 Å². The van der Waals surface area contributed by atoms with Gasteiger partial charge in [-0.2, -0.15) is 4.31 Å². The maximum atomic E-state index is 12.6. The van der Waals surface area contributed by atoms with Crippen molar-refractivity contribution in [1.82, 2.24) is 4.31 Å². The van der Waals surface area contributed by atoms with Crippen molar-refractivity contribution in [3.8, 4) is 0 Å². The molecule has 108 valence electrons. The van der Waals surface area contributed by atoms with E-state index in [0.29, 0.717) is 18.0 Å². The van der Waals surface area contributed by atoms with Crippen LogP contribution in [0.4, 0.5) is 5.69 Å². The fourth-order valence-electron chi connectivity index (χ4n) is 2.36. The Morgan fingerprint density at radius 3 is 1.89 bits per heavy atom. The van der Waals surface area contributed by atoms with Gasteiger partial charge in [0.05, 0.1) is 4.90 Å². The number of aryl methyl sites for hydroxylation is 2. The maximum Gasteiger partial charge on any atom is 0.243 e. The number of benzene rings is 1. The van der Waals surface area contributed by atoms with Crippen molar-refractivity contribution in [3.63, 3.8) is 0 Å². The fraction of sp³-hybridized carbons (Fsp3) is 0.571. The molecule has 0 unspecified atom stereocenters. The molecule has 0 saturated heterocycles. The average molecular weight is 284 g/mol. The number of sulfonamides is 1. The first kappa shape index (κ1) is 16.0. The normalized spacial score (nSPS) is 11.9. The molecule has 0 saturated carbocycles. The van der Waals surface area contributed by atoms with Gasteiger partial charge in [-0.3, -0.25) is 0 Å². The predicted molar refractivity (Wildman–Crippen MR) is 80.2 cm³/mol. The molecular formula is C14H24N2O2S. The Bertz CT molecular complexity index is 511. The Morgan fingerprint density at radius 2 is 1.53 bits per heavy atom. The summed E-state index contributed by atoms with van der Waals surface area (Å²) >= 11 is 0. The van der Waals surface area contributed by atoms with Crippen LogP contribution in [0.3, 0.4) is 0 Å². The van der Waals surface area contributed by atoms with Gasteiger partial charge in [0.15, 0.2) is 0 Å². The largest absolute Gasteiger partial charge is 0.385 e. The van der Waals surface area contributed by atoms with Crippen LogP contribution in [0.2, 0.25) is 0 Å². The summed E-state index contributed by atoms with van der Waals surface area (Å²) in [7, 11) is -3.39. The second kappa shape index (κ2) is 6.39.